The SMILES string of the molecule is C1=Cc2nc1c(-c1ccccc1)c1ccc(s1)c(-c1ccccc1)c1nc3c(c4ccc(s4)c2-c2ccccc2)-c2ccccc2C3=C1. The smallest absolute Gasteiger partial charge is 0.0809 e. The lowest BCUT2D eigenvalue weighted by Gasteiger charge is -2.06. The molecule has 224 valence electrons. The van der Waals surface area contributed by atoms with Crippen LogP contribution in [0.3, 0.4) is 0 Å². The van der Waals surface area contributed by atoms with E-state index in [0.717, 1.165) is 56.2 Å². The van der Waals surface area contributed by atoms with E-state index in [1.807, 2.05) is 22.7 Å². The highest BCUT2D eigenvalue weighted by atomic mass is 32.1. The van der Waals surface area contributed by atoms with Gasteiger partial charge in [-0.2, -0.15) is 0 Å². The molecule has 0 saturated heterocycles. The van der Waals surface area contributed by atoms with Gasteiger partial charge >= 0.3 is 0 Å². The Morgan fingerprint density at radius 1 is 0.354 bits per heavy atom. The third-order valence-electron chi connectivity index (χ3n) is 9.29. The van der Waals surface area contributed by atoms with Gasteiger partial charge in [-0.3, -0.25) is 0 Å². The molecule has 0 atom stereocenters. The number of rotatable bonds is 3. The van der Waals surface area contributed by atoms with Gasteiger partial charge in [0.15, 0.2) is 0 Å². The zero-order chi connectivity index (χ0) is 31.6. The molecule has 48 heavy (non-hydrogen) atoms. The number of aromatic nitrogens is 2. The van der Waals surface area contributed by atoms with Gasteiger partial charge in [0.25, 0.3) is 0 Å². The monoisotopic (exact) mass is 646 g/mol. The number of thiophene rings is 2. The maximum atomic E-state index is 5.50. The quantitative estimate of drug-likeness (QED) is 0.191. The van der Waals surface area contributed by atoms with Gasteiger partial charge < -0.3 is 0 Å². The van der Waals surface area contributed by atoms with Gasteiger partial charge in [-0.05, 0) is 70.3 Å². The number of fused-ring (bicyclic) bond motifs is 11. The van der Waals surface area contributed by atoms with Crippen molar-refractivity contribution in [1.82, 2.24) is 9.97 Å². The van der Waals surface area contributed by atoms with Crippen molar-refractivity contribution in [3.8, 4) is 44.5 Å². The number of hydrogen-bond acceptors (Lipinski definition) is 4. The van der Waals surface area contributed by atoms with E-state index in [0.29, 0.717) is 0 Å². The molecule has 3 aromatic heterocycles. The lowest BCUT2D eigenvalue weighted by molar-refractivity contribution is 1.33. The van der Waals surface area contributed by atoms with Crippen molar-refractivity contribution in [3.05, 3.63) is 168 Å². The van der Waals surface area contributed by atoms with Crippen LogP contribution in [0.1, 0.15) is 28.3 Å². The molecule has 0 N–H and O–H groups in total. The predicted octanol–water partition coefficient (Wildman–Crippen LogP) is 12.5. The molecule has 0 spiro atoms. The third kappa shape index (κ3) is 4.31. The molecule has 0 radical (unpaired) electrons. The van der Waals surface area contributed by atoms with Crippen LogP contribution in [0, 0.1) is 0 Å². The van der Waals surface area contributed by atoms with Gasteiger partial charge in [0.05, 0.1) is 22.8 Å². The van der Waals surface area contributed by atoms with E-state index in [-0.39, 0.29) is 0 Å². The Labute approximate surface area is 286 Å². The summed E-state index contributed by atoms with van der Waals surface area (Å²) in [7, 11) is 0. The van der Waals surface area contributed by atoms with Crippen LogP contribution in [0.2, 0.25) is 0 Å². The second-order valence-corrected chi connectivity index (χ2v) is 14.3. The molecule has 1 aliphatic carbocycles. The lowest BCUT2D eigenvalue weighted by Crippen LogP contribution is -1.86. The standard InChI is InChI=1S/C44H26N2S2/c1-4-12-27(13-5-1)40-33-20-21-34(45-33)41(28-14-6-2-7-15-28)37-24-25-39(48-37)43-31-19-11-10-18-30(31)32-26-35(46-44(32)43)42(29-16-8-3-9-17-29)38-23-22-36(40)47-38/h1-26H. The summed E-state index contributed by atoms with van der Waals surface area (Å²) in [6, 6.07) is 49.9. The Bertz CT molecular complexity index is 2620. The second kappa shape index (κ2) is 11.0. The van der Waals surface area contributed by atoms with Crippen LogP contribution in [0.5, 0.6) is 0 Å². The number of nitrogens with zero attached hydrogens (tertiary/aromatic N) is 2. The van der Waals surface area contributed by atoms with Crippen molar-refractivity contribution in [2.75, 3.05) is 0 Å². The summed E-state index contributed by atoms with van der Waals surface area (Å²) in [6.07, 6.45) is 6.69. The molecule has 4 aromatic carbocycles. The summed E-state index contributed by atoms with van der Waals surface area (Å²) in [5, 5.41) is 0. The van der Waals surface area contributed by atoms with Crippen LogP contribution in [-0.4, -0.2) is 9.97 Å². The third-order valence-corrected chi connectivity index (χ3v) is 11.5. The second-order valence-electron chi connectivity index (χ2n) is 12.1. The molecule has 4 heteroatoms. The van der Waals surface area contributed by atoms with E-state index in [1.165, 1.54) is 41.1 Å². The van der Waals surface area contributed by atoms with Crippen molar-refractivity contribution in [2.24, 2.45) is 0 Å². The number of hydrogen-bond donors (Lipinski definition) is 0. The summed E-state index contributed by atoms with van der Waals surface area (Å²) >= 11 is 3.63. The predicted molar refractivity (Wildman–Crippen MR) is 206 cm³/mol. The summed E-state index contributed by atoms with van der Waals surface area (Å²) < 4.78 is 4.76. The molecule has 2 aliphatic heterocycles. The Morgan fingerprint density at radius 2 is 0.771 bits per heavy atom. The average molecular weight is 647 g/mol. The zero-order valence-electron chi connectivity index (χ0n) is 25.7. The van der Waals surface area contributed by atoms with E-state index < -0.39 is 0 Å². The van der Waals surface area contributed by atoms with Crippen LogP contribution < -0.4 is 0 Å². The van der Waals surface area contributed by atoms with Gasteiger partial charge in [0.1, 0.15) is 0 Å². The van der Waals surface area contributed by atoms with Gasteiger partial charge in [0, 0.05) is 46.6 Å². The summed E-state index contributed by atoms with van der Waals surface area (Å²) in [5.74, 6) is 0. The van der Waals surface area contributed by atoms with Gasteiger partial charge in [-0.1, -0.05) is 115 Å². The first-order valence-electron chi connectivity index (χ1n) is 16.1. The normalized spacial score (nSPS) is 12.6. The molecule has 2 nitrogen and oxygen atoms in total. The average Bonchev–Trinajstić information content (AvgIpc) is 3.98. The summed E-state index contributed by atoms with van der Waals surface area (Å²) in [4.78, 5) is 10.9. The van der Waals surface area contributed by atoms with Crippen molar-refractivity contribution in [1.29, 1.82) is 0 Å². The van der Waals surface area contributed by atoms with Gasteiger partial charge in [-0.15, -0.1) is 22.7 Å². The molecule has 10 rings (SSSR count). The minimum atomic E-state index is 0.974. The van der Waals surface area contributed by atoms with Gasteiger partial charge in [-0.25, -0.2) is 9.97 Å². The van der Waals surface area contributed by atoms with Crippen molar-refractivity contribution >= 4 is 65.3 Å². The molecule has 8 bridgehead atoms. The molecular weight excluding hydrogens is 621 g/mol. The van der Waals surface area contributed by atoms with Crippen molar-refractivity contribution in [2.45, 2.75) is 0 Å². The molecule has 0 fully saturated rings. The minimum absolute atomic E-state index is 0.974. The highest BCUT2D eigenvalue weighted by molar-refractivity contribution is 7.24. The van der Waals surface area contributed by atoms with Crippen LogP contribution in [0.15, 0.2) is 140 Å². The fourth-order valence-corrected chi connectivity index (χ4v) is 9.47. The Balaban J connectivity index is 1.42. The maximum Gasteiger partial charge on any atom is 0.0809 e. The first kappa shape index (κ1) is 27.4. The lowest BCUT2D eigenvalue weighted by atomic mass is 10.0. The molecule has 7 aromatic rings. The van der Waals surface area contributed by atoms with E-state index in [9.17, 15) is 0 Å². The van der Waals surface area contributed by atoms with Crippen molar-refractivity contribution < 1.29 is 0 Å². The van der Waals surface area contributed by atoms with Gasteiger partial charge in [0.2, 0.25) is 0 Å². The van der Waals surface area contributed by atoms with Crippen LogP contribution in [-0.2, 0) is 0 Å². The molecule has 0 unspecified atom stereocenters. The zero-order valence-corrected chi connectivity index (χ0v) is 27.4. The fourth-order valence-electron chi connectivity index (χ4n) is 7.17. The first-order chi connectivity index (χ1) is 23.8. The largest absolute Gasteiger partial charge is 0.248 e. The van der Waals surface area contributed by atoms with Crippen LogP contribution >= 0.6 is 22.7 Å². The molecule has 0 amide bonds. The maximum absolute atomic E-state index is 5.50. The summed E-state index contributed by atoms with van der Waals surface area (Å²) in [6.45, 7) is 0. The number of benzene rings is 4. The van der Waals surface area contributed by atoms with E-state index >= 15 is 0 Å². The molecular formula is C44H26N2S2. The molecule has 3 aliphatic rings. The van der Waals surface area contributed by atoms with E-state index in [4.69, 9.17) is 9.97 Å². The molecule has 5 heterocycles. The van der Waals surface area contributed by atoms with Crippen LogP contribution in [0.4, 0.5) is 0 Å². The summed E-state index contributed by atoms with van der Waals surface area (Å²) in [5.41, 5.74) is 15.8. The molecule has 0 saturated carbocycles. The minimum Gasteiger partial charge on any atom is -0.248 e. The first-order valence-corrected chi connectivity index (χ1v) is 17.7. The van der Waals surface area contributed by atoms with Crippen LogP contribution in [0.25, 0.3) is 87.1 Å². The Morgan fingerprint density at radius 3 is 1.27 bits per heavy atom. The Hall–Kier alpha value is -5.68. The topological polar surface area (TPSA) is 25.8 Å². The Kier molecular flexibility index (Phi) is 6.26. The highest BCUT2D eigenvalue weighted by Crippen LogP contribution is 2.50. The van der Waals surface area contributed by atoms with Crippen molar-refractivity contribution in [3.63, 3.8) is 0 Å². The van der Waals surface area contributed by atoms with E-state index in [2.05, 4.69) is 158 Å². The fraction of sp³-hybridized carbons (Fsp3) is 0. The van der Waals surface area contributed by atoms with E-state index in [1.54, 1.807) is 0 Å². The highest BCUT2D eigenvalue weighted by Gasteiger charge is 2.30.